The smallest absolute Gasteiger partial charge is 0.118 e. The van der Waals surface area contributed by atoms with Crippen LogP contribution in [-0.2, 0) is 5.11 Å². The zero-order valence-electron chi connectivity index (χ0n) is 12.4. The summed E-state index contributed by atoms with van der Waals surface area (Å²) < 4.78 is 0. The van der Waals surface area contributed by atoms with Crippen LogP contribution in [0.25, 0.3) is 0 Å². The molecule has 0 spiro atoms. The van der Waals surface area contributed by atoms with E-state index < -0.39 is 6.10 Å². The van der Waals surface area contributed by atoms with Crippen LogP contribution >= 0.6 is 0 Å². The van der Waals surface area contributed by atoms with Gasteiger partial charge in [0.2, 0.25) is 0 Å². The molecule has 1 unspecified atom stereocenters. The number of rotatable bonds is 11. The fraction of sp³-hybridized carbons (Fsp3) is 0.667. The predicted octanol–water partition coefficient (Wildman–Crippen LogP) is 6.08. The second-order valence-electron chi connectivity index (χ2n) is 5.52. The van der Waals surface area contributed by atoms with Gasteiger partial charge in [-0.1, -0.05) is 95.0 Å². The summed E-state index contributed by atoms with van der Waals surface area (Å²) in [5, 5.41) is 11.9. The molecule has 0 N–H and O–H groups in total. The number of hydrogen-bond acceptors (Lipinski definition) is 0. The first-order valence-electron chi connectivity index (χ1n) is 8.05. The molecule has 0 aliphatic heterocycles. The third-order valence-corrected chi connectivity index (χ3v) is 3.74. The highest BCUT2D eigenvalue weighted by Gasteiger charge is 2.07. The molecule has 0 saturated carbocycles. The van der Waals surface area contributed by atoms with Gasteiger partial charge in [-0.25, -0.2) is 5.11 Å². The van der Waals surface area contributed by atoms with E-state index in [1.807, 2.05) is 30.3 Å². The Bertz CT molecular complexity index is 294. The van der Waals surface area contributed by atoms with Gasteiger partial charge in [0.1, 0.15) is 6.10 Å². The Balaban J connectivity index is 1.93. The van der Waals surface area contributed by atoms with Crippen molar-refractivity contribution in [2.24, 2.45) is 0 Å². The van der Waals surface area contributed by atoms with E-state index in [4.69, 9.17) is 0 Å². The minimum atomic E-state index is -0.522. The van der Waals surface area contributed by atoms with Crippen molar-refractivity contribution in [2.45, 2.75) is 77.2 Å². The summed E-state index contributed by atoms with van der Waals surface area (Å²) in [6, 6.07) is 9.78. The second-order valence-corrected chi connectivity index (χ2v) is 5.52. The fourth-order valence-corrected chi connectivity index (χ4v) is 2.47. The Morgan fingerprint density at radius 3 is 1.89 bits per heavy atom. The van der Waals surface area contributed by atoms with Gasteiger partial charge in [0.15, 0.2) is 0 Å². The molecule has 0 heterocycles. The summed E-state index contributed by atoms with van der Waals surface area (Å²) in [7, 11) is 0. The predicted molar refractivity (Wildman–Crippen MR) is 81.7 cm³/mol. The van der Waals surface area contributed by atoms with Gasteiger partial charge in [-0.3, -0.25) is 0 Å². The van der Waals surface area contributed by atoms with Crippen LogP contribution in [0, 0.1) is 0 Å². The summed E-state index contributed by atoms with van der Waals surface area (Å²) >= 11 is 0. The molecule has 1 rings (SSSR count). The minimum Gasteiger partial charge on any atom is -0.228 e. The zero-order valence-corrected chi connectivity index (χ0v) is 12.4. The third kappa shape index (κ3) is 8.05. The fourth-order valence-electron chi connectivity index (χ4n) is 2.47. The van der Waals surface area contributed by atoms with E-state index in [0.717, 1.165) is 18.4 Å². The normalized spacial score (nSPS) is 12.5. The van der Waals surface area contributed by atoms with Crippen LogP contribution in [0.15, 0.2) is 30.3 Å². The molecule has 1 aromatic rings. The summed E-state index contributed by atoms with van der Waals surface area (Å²) in [6.45, 7) is 2.26. The lowest BCUT2D eigenvalue weighted by Gasteiger charge is -2.08. The van der Waals surface area contributed by atoms with Crippen molar-refractivity contribution in [1.29, 1.82) is 0 Å². The molecular formula is C18H29O. The summed E-state index contributed by atoms with van der Waals surface area (Å²) in [5.41, 5.74) is 0.946. The van der Waals surface area contributed by atoms with Crippen molar-refractivity contribution in [3.05, 3.63) is 35.9 Å². The van der Waals surface area contributed by atoms with E-state index in [1.165, 1.54) is 51.4 Å². The van der Waals surface area contributed by atoms with Crippen LogP contribution in [0.1, 0.15) is 82.8 Å². The van der Waals surface area contributed by atoms with E-state index in [9.17, 15) is 5.11 Å². The quantitative estimate of drug-likeness (QED) is 0.430. The minimum absolute atomic E-state index is 0.522. The molecular weight excluding hydrogens is 232 g/mol. The van der Waals surface area contributed by atoms with Crippen molar-refractivity contribution in [3.63, 3.8) is 0 Å². The van der Waals surface area contributed by atoms with E-state index in [-0.39, 0.29) is 0 Å². The Morgan fingerprint density at radius 2 is 1.32 bits per heavy atom. The van der Waals surface area contributed by atoms with Crippen molar-refractivity contribution in [2.75, 3.05) is 0 Å². The van der Waals surface area contributed by atoms with Gasteiger partial charge in [-0.15, -0.1) is 0 Å². The molecule has 1 heteroatoms. The lowest BCUT2D eigenvalue weighted by molar-refractivity contribution is 0.0786. The van der Waals surface area contributed by atoms with Crippen molar-refractivity contribution >= 4 is 0 Å². The molecule has 1 aromatic carbocycles. The Kier molecular flexibility index (Phi) is 9.44. The van der Waals surface area contributed by atoms with Gasteiger partial charge in [0.25, 0.3) is 0 Å². The molecule has 19 heavy (non-hydrogen) atoms. The van der Waals surface area contributed by atoms with Crippen LogP contribution in [0.2, 0.25) is 0 Å². The van der Waals surface area contributed by atoms with Gasteiger partial charge in [0.05, 0.1) is 0 Å². The Labute approximate surface area is 119 Å². The summed E-state index contributed by atoms with van der Waals surface area (Å²) in [6.07, 6.45) is 12.1. The monoisotopic (exact) mass is 261 g/mol. The van der Waals surface area contributed by atoms with E-state index >= 15 is 0 Å². The number of hydrogen-bond donors (Lipinski definition) is 0. The average molecular weight is 261 g/mol. The van der Waals surface area contributed by atoms with Gasteiger partial charge < -0.3 is 0 Å². The largest absolute Gasteiger partial charge is 0.228 e. The van der Waals surface area contributed by atoms with Crippen molar-refractivity contribution in [1.82, 2.24) is 0 Å². The third-order valence-electron chi connectivity index (χ3n) is 3.74. The number of benzene rings is 1. The van der Waals surface area contributed by atoms with Crippen LogP contribution in [-0.4, -0.2) is 0 Å². The molecule has 1 nitrogen and oxygen atoms in total. The highest BCUT2D eigenvalue weighted by molar-refractivity contribution is 5.16. The Morgan fingerprint density at radius 1 is 0.789 bits per heavy atom. The Hall–Kier alpha value is -0.820. The first-order chi connectivity index (χ1) is 9.34. The maximum atomic E-state index is 11.9. The number of unbranched alkanes of at least 4 members (excludes halogenated alkanes) is 8. The maximum Gasteiger partial charge on any atom is 0.118 e. The lowest BCUT2D eigenvalue weighted by Crippen LogP contribution is -1.95. The van der Waals surface area contributed by atoms with Crippen LogP contribution in [0.4, 0.5) is 0 Å². The summed E-state index contributed by atoms with van der Waals surface area (Å²) in [5.74, 6) is 0. The summed E-state index contributed by atoms with van der Waals surface area (Å²) in [4.78, 5) is 0. The van der Waals surface area contributed by atoms with Gasteiger partial charge >= 0.3 is 0 Å². The SMILES string of the molecule is CCCCCCCCCCCC([O])c1ccccc1. The van der Waals surface area contributed by atoms with Crippen LogP contribution < -0.4 is 0 Å². The molecule has 0 amide bonds. The highest BCUT2D eigenvalue weighted by atomic mass is 16.3. The molecule has 0 saturated heterocycles. The first-order valence-corrected chi connectivity index (χ1v) is 8.05. The average Bonchev–Trinajstić information content (AvgIpc) is 2.46. The molecule has 0 aromatic heterocycles. The molecule has 0 aliphatic rings. The van der Waals surface area contributed by atoms with Crippen molar-refractivity contribution < 1.29 is 5.11 Å². The molecule has 0 aliphatic carbocycles. The zero-order chi connectivity index (χ0) is 13.8. The van der Waals surface area contributed by atoms with E-state index in [0.29, 0.717) is 0 Å². The molecule has 0 bridgehead atoms. The highest BCUT2D eigenvalue weighted by Crippen LogP contribution is 2.20. The molecule has 107 valence electrons. The maximum absolute atomic E-state index is 11.9. The van der Waals surface area contributed by atoms with E-state index in [1.54, 1.807) is 0 Å². The topological polar surface area (TPSA) is 19.9 Å². The van der Waals surface area contributed by atoms with Crippen LogP contribution in [0.3, 0.4) is 0 Å². The van der Waals surface area contributed by atoms with Gasteiger partial charge in [-0.05, 0) is 12.0 Å². The first kappa shape index (κ1) is 16.2. The lowest BCUT2D eigenvalue weighted by atomic mass is 10.0. The standard InChI is InChI=1S/C18H29O/c1-2-3-4-5-6-7-8-9-13-16-18(19)17-14-11-10-12-15-17/h10-12,14-15,18H,2-9,13,16H2,1H3. The molecule has 0 fully saturated rings. The van der Waals surface area contributed by atoms with Crippen LogP contribution in [0.5, 0.6) is 0 Å². The van der Waals surface area contributed by atoms with Crippen molar-refractivity contribution in [3.8, 4) is 0 Å². The molecule has 1 radical (unpaired) electrons. The van der Waals surface area contributed by atoms with Gasteiger partial charge in [-0.2, -0.15) is 0 Å². The van der Waals surface area contributed by atoms with Gasteiger partial charge in [0, 0.05) is 0 Å². The molecule has 1 atom stereocenters. The second kappa shape index (κ2) is 11.0. The van der Waals surface area contributed by atoms with E-state index in [2.05, 4.69) is 6.92 Å².